The summed E-state index contributed by atoms with van der Waals surface area (Å²) in [6.45, 7) is 7.22. The molecular weight excluding hydrogens is 228 g/mol. The van der Waals surface area contributed by atoms with Crippen molar-refractivity contribution in [2.24, 2.45) is 5.41 Å². The standard InChI is InChI=1S/C14H24N2O2/c1-5-16-12(11(18-4)9-15-16)14(17)8-6-7-13(2,3)10-14/h9,17H,5-8,10H2,1-4H3. The van der Waals surface area contributed by atoms with Crippen molar-refractivity contribution in [3.05, 3.63) is 11.9 Å². The van der Waals surface area contributed by atoms with Gasteiger partial charge in [0.15, 0.2) is 5.75 Å². The summed E-state index contributed by atoms with van der Waals surface area (Å²) in [6.07, 6.45) is 5.47. The zero-order valence-electron chi connectivity index (χ0n) is 11.9. The first-order chi connectivity index (χ1) is 8.42. The smallest absolute Gasteiger partial charge is 0.162 e. The molecule has 1 aromatic rings. The molecule has 1 aromatic heterocycles. The third kappa shape index (κ3) is 2.26. The molecule has 18 heavy (non-hydrogen) atoms. The Hall–Kier alpha value is -1.03. The highest BCUT2D eigenvalue weighted by atomic mass is 16.5. The minimum atomic E-state index is -0.806. The molecule has 0 aromatic carbocycles. The predicted octanol–water partition coefficient (Wildman–Crippen LogP) is 2.70. The molecular formula is C14H24N2O2. The zero-order valence-corrected chi connectivity index (χ0v) is 11.9. The van der Waals surface area contributed by atoms with Crippen LogP contribution in [0.3, 0.4) is 0 Å². The normalized spacial score (nSPS) is 27.2. The van der Waals surface area contributed by atoms with E-state index in [-0.39, 0.29) is 5.41 Å². The summed E-state index contributed by atoms with van der Waals surface area (Å²) in [5.74, 6) is 0.706. The minimum Gasteiger partial charge on any atom is -0.493 e. The molecule has 0 aliphatic heterocycles. The van der Waals surface area contributed by atoms with Crippen molar-refractivity contribution in [2.45, 2.75) is 58.6 Å². The summed E-state index contributed by atoms with van der Waals surface area (Å²) in [5, 5.41) is 15.4. The van der Waals surface area contributed by atoms with Crippen LogP contribution < -0.4 is 4.74 Å². The number of rotatable bonds is 3. The highest BCUT2D eigenvalue weighted by Crippen LogP contribution is 2.48. The third-order valence-corrected chi connectivity index (χ3v) is 3.98. The summed E-state index contributed by atoms with van der Waals surface area (Å²) in [4.78, 5) is 0. The topological polar surface area (TPSA) is 47.3 Å². The predicted molar refractivity (Wildman–Crippen MR) is 70.6 cm³/mol. The Bertz CT molecular complexity index is 404. The van der Waals surface area contributed by atoms with E-state index < -0.39 is 5.60 Å². The lowest BCUT2D eigenvalue weighted by atomic mass is 9.68. The molecule has 1 N–H and O–H groups in total. The third-order valence-electron chi connectivity index (χ3n) is 3.98. The summed E-state index contributed by atoms with van der Waals surface area (Å²) in [6, 6.07) is 0. The number of nitrogens with zero attached hydrogens (tertiary/aromatic N) is 2. The fourth-order valence-corrected chi connectivity index (χ4v) is 3.26. The molecule has 0 amide bonds. The Kier molecular flexibility index (Phi) is 3.41. The second-order valence-electron chi connectivity index (χ2n) is 6.10. The van der Waals surface area contributed by atoms with Crippen LogP contribution in [0.15, 0.2) is 6.20 Å². The Balaban J connectivity index is 2.42. The van der Waals surface area contributed by atoms with Crippen molar-refractivity contribution >= 4 is 0 Å². The van der Waals surface area contributed by atoms with Gasteiger partial charge in [-0.3, -0.25) is 4.68 Å². The Morgan fingerprint density at radius 2 is 2.17 bits per heavy atom. The molecule has 0 bridgehead atoms. The highest BCUT2D eigenvalue weighted by Gasteiger charge is 2.43. The summed E-state index contributed by atoms with van der Waals surface area (Å²) >= 11 is 0. The van der Waals surface area contributed by atoms with Gasteiger partial charge in [0.1, 0.15) is 11.3 Å². The molecule has 102 valence electrons. The summed E-state index contributed by atoms with van der Waals surface area (Å²) in [5.41, 5.74) is 0.209. The largest absolute Gasteiger partial charge is 0.493 e. The van der Waals surface area contributed by atoms with Crippen molar-refractivity contribution in [3.8, 4) is 5.75 Å². The molecule has 1 atom stereocenters. The number of methoxy groups -OCH3 is 1. The molecule has 4 nitrogen and oxygen atoms in total. The second kappa shape index (κ2) is 4.57. The van der Waals surface area contributed by atoms with Crippen molar-refractivity contribution in [2.75, 3.05) is 7.11 Å². The van der Waals surface area contributed by atoms with Gasteiger partial charge in [0.25, 0.3) is 0 Å². The lowest BCUT2D eigenvalue weighted by Gasteiger charge is -2.41. The van der Waals surface area contributed by atoms with E-state index in [0.29, 0.717) is 5.75 Å². The van der Waals surface area contributed by atoms with Crippen LogP contribution in [0.2, 0.25) is 0 Å². The lowest BCUT2D eigenvalue weighted by Crippen LogP contribution is -2.38. The molecule has 1 fully saturated rings. The van der Waals surface area contributed by atoms with Crippen molar-refractivity contribution in [1.82, 2.24) is 9.78 Å². The molecule has 1 heterocycles. The number of aliphatic hydroxyl groups is 1. The fraction of sp³-hybridized carbons (Fsp3) is 0.786. The van der Waals surface area contributed by atoms with Gasteiger partial charge in [-0.2, -0.15) is 5.10 Å². The van der Waals surface area contributed by atoms with Gasteiger partial charge in [0.2, 0.25) is 0 Å². The van der Waals surface area contributed by atoms with Gasteiger partial charge < -0.3 is 9.84 Å². The maximum absolute atomic E-state index is 11.1. The van der Waals surface area contributed by atoms with Gasteiger partial charge in [-0.1, -0.05) is 13.8 Å². The number of hydrogen-bond acceptors (Lipinski definition) is 3. The Morgan fingerprint density at radius 1 is 1.44 bits per heavy atom. The molecule has 2 rings (SSSR count). The van der Waals surface area contributed by atoms with Crippen LogP contribution in [0.5, 0.6) is 5.75 Å². The van der Waals surface area contributed by atoms with Crippen LogP contribution in [0.1, 0.15) is 52.1 Å². The van der Waals surface area contributed by atoms with Crippen LogP contribution in [0, 0.1) is 5.41 Å². The van der Waals surface area contributed by atoms with Gasteiger partial charge in [-0.25, -0.2) is 0 Å². The minimum absolute atomic E-state index is 0.168. The quantitative estimate of drug-likeness (QED) is 0.899. The first-order valence-corrected chi connectivity index (χ1v) is 6.74. The molecule has 0 saturated heterocycles. The average molecular weight is 252 g/mol. The first-order valence-electron chi connectivity index (χ1n) is 6.74. The highest BCUT2D eigenvalue weighted by molar-refractivity contribution is 5.31. The van der Waals surface area contributed by atoms with Crippen LogP contribution in [-0.2, 0) is 12.1 Å². The van der Waals surface area contributed by atoms with E-state index in [4.69, 9.17) is 4.74 Å². The van der Waals surface area contributed by atoms with E-state index in [1.54, 1.807) is 13.3 Å². The van der Waals surface area contributed by atoms with Crippen molar-refractivity contribution < 1.29 is 9.84 Å². The van der Waals surface area contributed by atoms with Gasteiger partial charge in [0.05, 0.1) is 13.3 Å². The van der Waals surface area contributed by atoms with Crippen LogP contribution in [0.25, 0.3) is 0 Å². The van der Waals surface area contributed by atoms with Gasteiger partial charge in [-0.05, 0) is 38.0 Å². The Labute approximate surface area is 109 Å². The van der Waals surface area contributed by atoms with Gasteiger partial charge in [-0.15, -0.1) is 0 Å². The maximum Gasteiger partial charge on any atom is 0.162 e. The molecule has 0 radical (unpaired) electrons. The average Bonchev–Trinajstić information content (AvgIpc) is 2.70. The summed E-state index contributed by atoms with van der Waals surface area (Å²) in [7, 11) is 1.64. The van der Waals surface area contributed by atoms with Crippen LogP contribution in [-0.4, -0.2) is 22.0 Å². The second-order valence-corrected chi connectivity index (χ2v) is 6.10. The van der Waals surface area contributed by atoms with Crippen molar-refractivity contribution in [1.29, 1.82) is 0 Å². The molecule has 1 unspecified atom stereocenters. The molecule has 1 aliphatic carbocycles. The van der Waals surface area contributed by atoms with Crippen LogP contribution >= 0.6 is 0 Å². The molecule has 1 saturated carbocycles. The van der Waals surface area contributed by atoms with E-state index in [0.717, 1.165) is 37.9 Å². The van der Waals surface area contributed by atoms with Crippen LogP contribution in [0.4, 0.5) is 0 Å². The first kappa shape index (κ1) is 13.4. The molecule has 0 spiro atoms. The van der Waals surface area contributed by atoms with Crippen molar-refractivity contribution in [3.63, 3.8) is 0 Å². The number of aryl methyl sites for hydroxylation is 1. The fourth-order valence-electron chi connectivity index (χ4n) is 3.26. The zero-order chi connectivity index (χ0) is 13.4. The monoisotopic (exact) mass is 252 g/mol. The molecule has 1 aliphatic rings. The van der Waals surface area contributed by atoms with Gasteiger partial charge in [0, 0.05) is 6.54 Å². The van der Waals surface area contributed by atoms with E-state index in [9.17, 15) is 5.11 Å². The number of aromatic nitrogens is 2. The van der Waals surface area contributed by atoms with E-state index >= 15 is 0 Å². The summed E-state index contributed by atoms with van der Waals surface area (Å²) < 4.78 is 7.23. The Morgan fingerprint density at radius 3 is 2.72 bits per heavy atom. The van der Waals surface area contributed by atoms with Gasteiger partial charge >= 0.3 is 0 Å². The van der Waals surface area contributed by atoms with E-state index in [1.807, 2.05) is 11.6 Å². The number of ether oxygens (including phenoxy) is 1. The van der Waals surface area contributed by atoms with E-state index in [1.165, 1.54) is 0 Å². The molecule has 4 heteroatoms. The maximum atomic E-state index is 11.1. The lowest BCUT2D eigenvalue weighted by molar-refractivity contribution is -0.0518. The van der Waals surface area contributed by atoms with E-state index in [2.05, 4.69) is 18.9 Å². The number of hydrogen-bond donors (Lipinski definition) is 1. The SMILES string of the molecule is CCn1ncc(OC)c1C1(O)CCCC(C)(C)C1.